The van der Waals surface area contributed by atoms with Gasteiger partial charge in [0, 0.05) is 43.8 Å². The molecule has 4 aromatic rings. The highest BCUT2D eigenvalue weighted by molar-refractivity contribution is 5.92. The SMILES string of the molecule is O=C(c1ccccn1)N1CCCC(Cn2ccc3nc(-c4cn[nH]c4)ccc32)CC1. The highest BCUT2D eigenvalue weighted by atomic mass is 16.2. The lowest BCUT2D eigenvalue weighted by molar-refractivity contribution is 0.0754. The van der Waals surface area contributed by atoms with Crippen molar-refractivity contribution in [3.8, 4) is 11.3 Å². The number of H-pyrrole nitrogens is 1. The van der Waals surface area contributed by atoms with E-state index in [4.69, 9.17) is 4.98 Å². The quantitative estimate of drug-likeness (QED) is 0.566. The molecular formula is C23H24N6O. The largest absolute Gasteiger partial charge is 0.346 e. The minimum Gasteiger partial charge on any atom is -0.346 e. The van der Waals surface area contributed by atoms with Crippen molar-refractivity contribution in [1.82, 2.24) is 29.6 Å². The molecule has 7 nitrogen and oxygen atoms in total. The van der Waals surface area contributed by atoms with Crippen molar-refractivity contribution in [1.29, 1.82) is 0 Å². The Morgan fingerprint density at radius 3 is 2.93 bits per heavy atom. The van der Waals surface area contributed by atoms with Gasteiger partial charge in [0.2, 0.25) is 0 Å². The molecule has 4 aromatic heterocycles. The lowest BCUT2D eigenvalue weighted by atomic mass is 10.0. The van der Waals surface area contributed by atoms with Crippen LogP contribution in [0.4, 0.5) is 0 Å². The van der Waals surface area contributed by atoms with Gasteiger partial charge < -0.3 is 9.47 Å². The fraction of sp³-hybridized carbons (Fsp3) is 0.304. The molecule has 0 saturated carbocycles. The van der Waals surface area contributed by atoms with E-state index in [0.717, 1.165) is 61.2 Å². The molecule has 5 heterocycles. The topological polar surface area (TPSA) is 79.7 Å². The Bertz CT molecular complexity index is 1140. The average Bonchev–Trinajstić information content (AvgIpc) is 3.40. The van der Waals surface area contributed by atoms with Crippen molar-refractivity contribution in [2.24, 2.45) is 5.92 Å². The van der Waals surface area contributed by atoms with Gasteiger partial charge in [-0.3, -0.25) is 14.9 Å². The number of amides is 1. The predicted molar refractivity (Wildman–Crippen MR) is 115 cm³/mol. The molecular weight excluding hydrogens is 376 g/mol. The molecule has 1 saturated heterocycles. The second-order valence-corrected chi connectivity index (χ2v) is 7.86. The van der Waals surface area contributed by atoms with Crippen LogP contribution < -0.4 is 0 Å². The van der Waals surface area contributed by atoms with Gasteiger partial charge in [-0.15, -0.1) is 0 Å². The first-order valence-electron chi connectivity index (χ1n) is 10.4. The van der Waals surface area contributed by atoms with Crippen LogP contribution in [0.25, 0.3) is 22.3 Å². The summed E-state index contributed by atoms with van der Waals surface area (Å²) in [6.07, 6.45) is 10.6. The van der Waals surface area contributed by atoms with Gasteiger partial charge in [-0.25, -0.2) is 4.98 Å². The smallest absolute Gasteiger partial charge is 0.272 e. The van der Waals surface area contributed by atoms with Gasteiger partial charge in [0.25, 0.3) is 5.91 Å². The minimum atomic E-state index is 0.0404. The number of aromatic amines is 1. The molecule has 1 fully saturated rings. The molecule has 7 heteroatoms. The van der Waals surface area contributed by atoms with Crippen LogP contribution in [0.2, 0.25) is 0 Å². The zero-order valence-electron chi connectivity index (χ0n) is 16.7. The van der Waals surface area contributed by atoms with Crippen molar-refractivity contribution in [3.05, 3.63) is 66.9 Å². The van der Waals surface area contributed by atoms with E-state index < -0.39 is 0 Å². The molecule has 0 aliphatic carbocycles. The van der Waals surface area contributed by atoms with E-state index in [-0.39, 0.29) is 5.91 Å². The van der Waals surface area contributed by atoms with Crippen molar-refractivity contribution in [2.75, 3.05) is 13.1 Å². The molecule has 0 bridgehead atoms. The zero-order chi connectivity index (χ0) is 20.3. The number of nitrogens with one attached hydrogen (secondary N) is 1. The van der Waals surface area contributed by atoms with E-state index in [1.54, 1.807) is 18.5 Å². The average molecular weight is 400 g/mol. The van der Waals surface area contributed by atoms with E-state index in [2.05, 4.69) is 38.1 Å². The molecule has 1 atom stereocenters. The lowest BCUT2D eigenvalue weighted by Gasteiger charge is -2.20. The predicted octanol–water partition coefficient (Wildman–Crippen LogP) is 3.76. The van der Waals surface area contributed by atoms with Gasteiger partial charge in [0.1, 0.15) is 5.69 Å². The van der Waals surface area contributed by atoms with Gasteiger partial charge in [0.15, 0.2) is 0 Å². The maximum atomic E-state index is 12.7. The summed E-state index contributed by atoms with van der Waals surface area (Å²) < 4.78 is 2.29. The first-order valence-corrected chi connectivity index (χ1v) is 10.4. The van der Waals surface area contributed by atoms with Crippen LogP contribution in [0, 0.1) is 5.92 Å². The first-order chi connectivity index (χ1) is 14.8. The summed E-state index contributed by atoms with van der Waals surface area (Å²) in [6.45, 7) is 2.53. The monoisotopic (exact) mass is 400 g/mol. The Hall–Kier alpha value is -3.48. The number of nitrogens with zero attached hydrogens (tertiary/aromatic N) is 5. The summed E-state index contributed by atoms with van der Waals surface area (Å²) in [4.78, 5) is 23.7. The van der Waals surface area contributed by atoms with Crippen LogP contribution >= 0.6 is 0 Å². The summed E-state index contributed by atoms with van der Waals surface area (Å²) in [5, 5.41) is 6.84. The maximum Gasteiger partial charge on any atom is 0.272 e. The number of carbonyl (C=O) groups is 1. The van der Waals surface area contributed by atoms with E-state index in [0.29, 0.717) is 11.6 Å². The molecule has 1 aliphatic heterocycles. The number of fused-ring (bicyclic) bond motifs is 1. The number of hydrogen-bond acceptors (Lipinski definition) is 4. The number of aromatic nitrogens is 5. The zero-order valence-corrected chi connectivity index (χ0v) is 16.7. The normalized spacial score (nSPS) is 17.2. The summed E-state index contributed by atoms with van der Waals surface area (Å²) in [6, 6.07) is 11.8. The third kappa shape index (κ3) is 3.70. The van der Waals surface area contributed by atoms with Crippen molar-refractivity contribution in [2.45, 2.75) is 25.8 Å². The summed E-state index contributed by atoms with van der Waals surface area (Å²) >= 11 is 0. The highest BCUT2D eigenvalue weighted by Crippen LogP contribution is 2.25. The summed E-state index contributed by atoms with van der Waals surface area (Å²) in [7, 11) is 0. The van der Waals surface area contributed by atoms with Gasteiger partial charge >= 0.3 is 0 Å². The first kappa shape index (κ1) is 18.5. The molecule has 152 valence electrons. The van der Waals surface area contributed by atoms with E-state index in [1.165, 1.54) is 0 Å². The van der Waals surface area contributed by atoms with Crippen molar-refractivity contribution >= 4 is 16.9 Å². The van der Waals surface area contributed by atoms with Gasteiger partial charge in [-0.2, -0.15) is 5.10 Å². The van der Waals surface area contributed by atoms with Gasteiger partial charge in [-0.05, 0) is 55.5 Å². The second-order valence-electron chi connectivity index (χ2n) is 7.86. The Morgan fingerprint density at radius 2 is 2.10 bits per heavy atom. The van der Waals surface area contributed by atoms with Gasteiger partial charge in [-0.1, -0.05) is 6.07 Å². The lowest BCUT2D eigenvalue weighted by Crippen LogP contribution is -2.32. The van der Waals surface area contributed by atoms with Crippen LogP contribution in [0.1, 0.15) is 29.8 Å². The standard InChI is InChI=1S/C23H24N6O/c30-23(21-5-1-2-10-24-21)28-11-3-4-17(8-12-28)16-29-13-9-20-22(29)7-6-19(27-20)18-14-25-26-15-18/h1-2,5-7,9-10,13-15,17H,3-4,8,11-12,16H2,(H,25,26). The maximum absolute atomic E-state index is 12.7. The molecule has 1 unspecified atom stereocenters. The Morgan fingerprint density at radius 1 is 1.13 bits per heavy atom. The van der Waals surface area contributed by atoms with E-state index in [1.807, 2.05) is 29.3 Å². The molecule has 30 heavy (non-hydrogen) atoms. The van der Waals surface area contributed by atoms with E-state index in [9.17, 15) is 4.79 Å². The fourth-order valence-corrected chi connectivity index (χ4v) is 4.27. The van der Waals surface area contributed by atoms with Crippen LogP contribution in [0.5, 0.6) is 0 Å². The molecule has 1 aliphatic rings. The highest BCUT2D eigenvalue weighted by Gasteiger charge is 2.22. The summed E-state index contributed by atoms with van der Waals surface area (Å²) in [5.74, 6) is 0.578. The number of hydrogen-bond donors (Lipinski definition) is 1. The molecule has 0 radical (unpaired) electrons. The van der Waals surface area contributed by atoms with E-state index >= 15 is 0 Å². The number of pyridine rings is 2. The molecule has 0 spiro atoms. The Labute approximate surface area is 174 Å². The number of likely N-dealkylation sites (tertiary alicyclic amines) is 1. The third-order valence-corrected chi connectivity index (χ3v) is 5.89. The van der Waals surface area contributed by atoms with Crippen LogP contribution in [-0.2, 0) is 6.54 Å². The van der Waals surface area contributed by atoms with Crippen LogP contribution in [0.15, 0.2) is 61.2 Å². The van der Waals surface area contributed by atoms with Crippen molar-refractivity contribution < 1.29 is 4.79 Å². The van der Waals surface area contributed by atoms with Gasteiger partial charge in [0.05, 0.1) is 22.9 Å². The fourth-order valence-electron chi connectivity index (χ4n) is 4.27. The molecule has 0 aromatic carbocycles. The third-order valence-electron chi connectivity index (χ3n) is 5.89. The molecule has 5 rings (SSSR count). The van der Waals surface area contributed by atoms with Crippen LogP contribution in [-0.4, -0.2) is 48.6 Å². The van der Waals surface area contributed by atoms with Crippen LogP contribution in [0.3, 0.4) is 0 Å². The van der Waals surface area contributed by atoms with Crippen molar-refractivity contribution in [3.63, 3.8) is 0 Å². The Kier molecular flexibility index (Phi) is 5.01. The number of rotatable bonds is 4. The molecule has 1 N–H and O–H groups in total. The summed E-state index contributed by atoms with van der Waals surface area (Å²) in [5.41, 5.74) is 4.59. The Balaban J connectivity index is 1.27. The minimum absolute atomic E-state index is 0.0404. The second kappa shape index (κ2) is 8.10. The number of carbonyl (C=O) groups excluding carboxylic acids is 1. The molecule has 1 amide bonds.